The van der Waals surface area contributed by atoms with E-state index in [0.29, 0.717) is 18.5 Å². The summed E-state index contributed by atoms with van der Waals surface area (Å²) >= 11 is 0. The fourth-order valence-corrected chi connectivity index (χ4v) is 3.86. The summed E-state index contributed by atoms with van der Waals surface area (Å²) in [5.41, 5.74) is 1.47. The Morgan fingerprint density at radius 3 is 2.50 bits per heavy atom. The van der Waals surface area contributed by atoms with Crippen molar-refractivity contribution in [3.63, 3.8) is 0 Å². The van der Waals surface area contributed by atoms with Gasteiger partial charge in [-0.15, -0.1) is 0 Å². The number of imide groups is 1. The number of anilines is 1. The highest BCUT2D eigenvalue weighted by molar-refractivity contribution is 6.22. The molecule has 152 valence electrons. The van der Waals surface area contributed by atoms with E-state index in [1.165, 1.54) is 41.3 Å². The molecule has 1 saturated heterocycles. The Labute approximate surface area is 171 Å². The highest BCUT2D eigenvalue weighted by atomic mass is 16.6. The van der Waals surface area contributed by atoms with Crippen LogP contribution in [0.5, 0.6) is 5.75 Å². The molecule has 2 aromatic rings. The normalized spacial score (nSPS) is 20.6. The number of carbonyl (C=O) groups excluding carboxylic acids is 3. The van der Waals surface area contributed by atoms with Crippen LogP contribution in [0.25, 0.3) is 0 Å². The average Bonchev–Trinajstić information content (AvgIpc) is 2.98. The molecule has 0 radical (unpaired) electrons. The molecular weight excluding hydrogens is 388 g/mol. The van der Waals surface area contributed by atoms with E-state index in [2.05, 4.69) is 0 Å². The zero-order valence-electron chi connectivity index (χ0n) is 16.1. The first-order valence-corrected chi connectivity index (χ1v) is 9.45. The van der Waals surface area contributed by atoms with Gasteiger partial charge in [0.05, 0.1) is 28.0 Å². The van der Waals surface area contributed by atoms with Gasteiger partial charge >= 0.3 is 5.97 Å². The van der Waals surface area contributed by atoms with E-state index < -0.39 is 10.9 Å². The number of amides is 2. The van der Waals surface area contributed by atoms with Gasteiger partial charge in [-0.05, 0) is 44.0 Å². The van der Waals surface area contributed by atoms with Gasteiger partial charge in [-0.1, -0.05) is 17.7 Å². The lowest BCUT2D eigenvalue weighted by Crippen LogP contribution is -2.30. The van der Waals surface area contributed by atoms with Gasteiger partial charge < -0.3 is 4.74 Å². The number of nitrogens with zero attached hydrogens (tertiary/aromatic N) is 2. The predicted octanol–water partition coefficient (Wildman–Crippen LogP) is 3.66. The molecule has 2 amide bonds. The Bertz CT molecular complexity index is 1090. The van der Waals surface area contributed by atoms with E-state index in [4.69, 9.17) is 4.74 Å². The minimum atomic E-state index is -0.699. The van der Waals surface area contributed by atoms with Crippen LogP contribution in [-0.2, 0) is 9.59 Å². The maximum Gasteiger partial charge on any atom is 0.343 e. The van der Waals surface area contributed by atoms with Crippen molar-refractivity contribution in [1.82, 2.24) is 0 Å². The van der Waals surface area contributed by atoms with E-state index in [-0.39, 0.29) is 40.7 Å². The molecule has 8 heteroatoms. The summed E-state index contributed by atoms with van der Waals surface area (Å²) in [5.74, 6) is -1.72. The first-order valence-electron chi connectivity index (χ1n) is 9.45. The van der Waals surface area contributed by atoms with Gasteiger partial charge in [-0.3, -0.25) is 19.7 Å². The maximum atomic E-state index is 12.9. The predicted molar refractivity (Wildman–Crippen MR) is 107 cm³/mol. The van der Waals surface area contributed by atoms with Crippen molar-refractivity contribution < 1.29 is 24.0 Å². The topological polar surface area (TPSA) is 107 Å². The average molecular weight is 406 g/mol. The number of hydrogen-bond donors (Lipinski definition) is 0. The molecule has 2 aliphatic rings. The molecule has 1 aliphatic heterocycles. The molecule has 0 aromatic heterocycles. The molecule has 0 unspecified atom stereocenters. The summed E-state index contributed by atoms with van der Waals surface area (Å²) in [7, 11) is 0. The lowest BCUT2D eigenvalue weighted by Gasteiger charge is -2.18. The van der Waals surface area contributed by atoms with Gasteiger partial charge in [-0.25, -0.2) is 9.69 Å². The van der Waals surface area contributed by atoms with Crippen LogP contribution in [0.1, 0.15) is 30.1 Å². The van der Waals surface area contributed by atoms with E-state index in [1.54, 1.807) is 12.1 Å². The van der Waals surface area contributed by atoms with E-state index >= 15 is 0 Å². The van der Waals surface area contributed by atoms with Gasteiger partial charge in [0.25, 0.3) is 5.69 Å². The van der Waals surface area contributed by atoms with Gasteiger partial charge in [0.15, 0.2) is 0 Å². The molecule has 30 heavy (non-hydrogen) atoms. The molecule has 2 atom stereocenters. The summed E-state index contributed by atoms with van der Waals surface area (Å²) in [6.07, 6.45) is 3.12. The highest BCUT2D eigenvalue weighted by Gasteiger charge is 2.48. The largest absolute Gasteiger partial charge is 0.423 e. The van der Waals surface area contributed by atoms with Crippen molar-refractivity contribution in [1.29, 1.82) is 0 Å². The maximum absolute atomic E-state index is 12.9. The molecule has 1 aliphatic carbocycles. The Hall–Kier alpha value is -3.81. The molecule has 1 fully saturated rings. The minimum Gasteiger partial charge on any atom is -0.423 e. The summed E-state index contributed by atoms with van der Waals surface area (Å²) in [6.45, 7) is 1.95. The van der Waals surface area contributed by atoms with Crippen LogP contribution in [0.2, 0.25) is 0 Å². The summed E-state index contributed by atoms with van der Waals surface area (Å²) < 4.78 is 5.34. The van der Waals surface area contributed by atoms with Crippen LogP contribution in [0.3, 0.4) is 0 Å². The Morgan fingerprint density at radius 1 is 1.10 bits per heavy atom. The molecule has 8 nitrogen and oxygen atoms in total. The second-order valence-corrected chi connectivity index (χ2v) is 7.41. The van der Waals surface area contributed by atoms with Crippen LogP contribution in [-0.4, -0.2) is 22.7 Å². The van der Waals surface area contributed by atoms with E-state index in [1.807, 2.05) is 13.0 Å². The summed E-state index contributed by atoms with van der Waals surface area (Å²) in [5, 5.41) is 10.7. The van der Waals surface area contributed by atoms with Crippen LogP contribution >= 0.6 is 0 Å². The van der Waals surface area contributed by atoms with Gasteiger partial charge in [0, 0.05) is 18.2 Å². The van der Waals surface area contributed by atoms with Crippen LogP contribution in [0.15, 0.2) is 60.2 Å². The van der Waals surface area contributed by atoms with Crippen molar-refractivity contribution >= 4 is 29.2 Å². The highest BCUT2D eigenvalue weighted by Crippen LogP contribution is 2.40. The van der Waals surface area contributed by atoms with Crippen molar-refractivity contribution in [2.24, 2.45) is 11.8 Å². The third-order valence-corrected chi connectivity index (χ3v) is 5.42. The number of non-ortho nitro benzene ring substituents is 1. The molecular formula is C22H18N2O6. The van der Waals surface area contributed by atoms with Crippen LogP contribution < -0.4 is 9.64 Å². The first kappa shape index (κ1) is 19.5. The number of fused-ring (bicyclic) bond motifs is 1. The summed E-state index contributed by atoms with van der Waals surface area (Å²) in [4.78, 5) is 49.4. The number of hydrogen-bond acceptors (Lipinski definition) is 6. The molecule has 2 aromatic carbocycles. The van der Waals surface area contributed by atoms with Crippen molar-refractivity contribution in [3.05, 3.63) is 75.9 Å². The fourth-order valence-electron chi connectivity index (χ4n) is 3.86. The summed E-state index contributed by atoms with van der Waals surface area (Å²) in [6, 6.07) is 11.3. The van der Waals surface area contributed by atoms with E-state index in [0.717, 1.165) is 5.57 Å². The quantitative estimate of drug-likeness (QED) is 0.192. The second-order valence-electron chi connectivity index (χ2n) is 7.41. The lowest BCUT2D eigenvalue weighted by atomic mass is 9.82. The number of allylic oxidation sites excluding steroid dienone is 2. The molecule has 0 spiro atoms. The first-order chi connectivity index (χ1) is 14.3. The second kappa shape index (κ2) is 7.55. The van der Waals surface area contributed by atoms with Gasteiger partial charge in [0.2, 0.25) is 11.8 Å². The number of nitro groups is 1. The zero-order chi connectivity index (χ0) is 21.4. The molecule has 4 rings (SSSR count). The van der Waals surface area contributed by atoms with Crippen molar-refractivity contribution in [3.8, 4) is 5.75 Å². The molecule has 0 saturated carbocycles. The zero-order valence-corrected chi connectivity index (χ0v) is 16.1. The lowest BCUT2D eigenvalue weighted by molar-refractivity contribution is -0.384. The fraction of sp³-hybridized carbons (Fsp3) is 0.227. The number of esters is 1. The number of carbonyl (C=O) groups is 3. The van der Waals surface area contributed by atoms with Gasteiger partial charge in [-0.2, -0.15) is 0 Å². The number of benzene rings is 2. The third kappa shape index (κ3) is 3.47. The Balaban J connectivity index is 1.53. The molecule has 1 heterocycles. The van der Waals surface area contributed by atoms with E-state index in [9.17, 15) is 24.5 Å². The minimum absolute atomic E-state index is 0.134. The van der Waals surface area contributed by atoms with Crippen LogP contribution in [0, 0.1) is 22.0 Å². The molecule has 0 N–H and O–H groups in total. The van der Waals surface area contributed by atoms with Gasteiger partial charge in [0.1, 0.15) is 5.75 Å². The SMILES string of the molecule is CC1=CC[C@@H]2C(=O)N(c3cccc(OC(=O)c4ccc([N+](=O)[O-])cc4)c3)C(=O)[C@@H]2C1. The standard InChI is InChI=1S/C22H18N2O6/c1-13-5-10-18-19(11-13)21(26)23(20(18)25)16-3-2-4-17(12-16)30-22(27)14-6-8-15(9-7-14)24(28)29/h2-9,12,18-19H,10-11H2,1H3/t18-,19+/m0/s1. The number of rotatable bonds is 4. The Morgan fingerprint density at radius 2 is 1.80 bits per heavy atom. The Kier molecular flexibility index (Phi) is 4.91. The smallest absolute Gasteiger partial charge is 0.343 e. The molecule has 0 bridgehead atoms. The van der Waals surface area contributed by atoms with Crippen molar-refractivity contribution in [2.45, 2.75) is 19.8 Å². The van der Waals surface area contributed by atoms with Crippen molar-refractivity contribution in [2.75, 3.05) is 4.90 Å². The third-order valence-electron chi connectivity index (χ3n) is 5.42. The van der Waals surface area contributed by atoms with Crippen LogP contribution in [0.4, 0.5) is 11.4 Å². The number of ether oxygens (including phenoxy) is 1. The number of nitro benzene ring substituents is 1. The monoisotopic (exact) mass is 406 g/mol.